The third kappa shape index (κ3) is 5.31. The molecule has 2 aromatic rings. The van der Waals surface area contributed by atoms with E-state index in [1.807, 2.05) is 37.3 Å². The zero-order valence-corrected chi connectivity index (χ0v) is 14.7. The highest BCUT2D eigenvalue weighted by Gasteiger charge is 2.14. The number of carbonyl (C=O) groups is 2. The maximum Gasteiger partial charge on any atom is 0.226 e. The summed E-state index contributed by atoms with van der Waals surface area (Å²) in [4.78, 5) is 26.2. The third-order valence-electron chi connectivity index (χ3n) is 3.73. The van der Waals surface area contributed by atoms with Crippen molar-refractivity contribution in [3.05, 3.63) is 77.9 Å². The standard InChI is InChI=1S/C21H23NO3/c1-16(2)15-20(23)22(3)13-14-25-19-12-8-7-11-18(19)21(24)17-9-5-4-6-10-17/h4-12H,1,13-15H2,2-3H3. The highest BCUT2D eigenvalue weighted by Crippen LogP contribution is 2.21. The van der Waals surface area contributed by atoms with Crippen molar-refractivity contribution in [2.45, 2.75) is 13.3 Å². The van der Waals surface area contributed by atoms with Gasteiger partial charge in [-0.3, -0.25) is 9.59 Å². The fourth-order valence-electron chi connectivity index (χ4n) is 2.34. The molecule has 0 radical (unpaired) electrons. The van der Waals surface area contributed by atoms with Crippen molar-refractivity contribution in [2.24, 2.45) is 0 Å². The smallest absolute Gasteiger partial charge is 0.226 e. The minimum Gasteiger partial charge on any atom is -0.491 e. The van der Waals surface area contributed by atoms with Crippen LogP contribution in [0.25, 0.3) is 0 Å². The van der Waals surface area contributed by atoms with Crippen molar-refractivity contribution < 1.29 is 14.3 Å². The summed E-state index contributed by atoms with van der Waals surface area (Å²) < 4.78 is 5.77. The molecule has 2 aromatic carbocycles. The Kier molecular flexibility index (Phi) is 6.52. The summed E-state index contributed by atoms with van der Waals surface area (Å²) in [7, 11) is 1.73. The van der Waals surface area contributed by atoms with Gasteiger partial charge in [-0.05, 0) is 19.1 Å². The number of hydrogen-bond acceptors (Lipinski definition) is 3. The van der Waals surface area contributed by atoms with E-state index >= 15 is 0 Å². The zero-order chi connectivity index (χ0) is 18.2. The molecule has 0 saturated carbocycles. The quantitative estimate of drug-likeness (QED) is 0.545. The van der Waals surface area contributed by atoms with E-state index in [4.69, 9.17) is 4.74 Å². The Balaban J connectivity index is 2.00. The number of hydrogen-bond donors (Lipinski definition) is 0. The van der Waals surface area contributed by atoms with Crippen LogP contribution in [-0.2, 0) is 4.79 Å². The second kappa shape index (κ2) is 8.83. The Labute approximate surface area is 148 Å². The fourth-order valence-corrected chi connectivity index (χ4v) is 2.34. The summed E-state index contributed by atoms with van der Waals surface area (Å²) in [6, 6.07) is 16.3. The summed E-state index contributed by atoms with van der Waals surface area (Å²) in [5.74, 6) is 0.449. The van der Waals surface area contributed by atoms with Gasteiger partial charge in [0.2, 0.25) is 5.91 Å². The van der Waals surface area contributed by atoms with Gasteiger partial charge in [-0.1, -0.05) is 54.6 Å². The second-order valence-corrected chi connectivity index (χ2v) is 5.99. The molecule has 0 unspecified atom stereocenters. The molecule has 4 nitrogen and oxygen atoms in total. The molecule has 0 atom stereocenters. The lowest BCUT2D eigenvalue weighted by atomic mass is 10.0. The summed E-state index contributed by atoms with van der Waals surface area (Å²) in [6.07, 6.45) is 0.333. The highest BCUT2D eigenvalue weighted by atomic mass is 16.5. The van der Waals surface area contributed by atoms with E-state index in [9.17, 15) is 9.59 Å². The first kappa shape index (κ1) is 18.5. The van der Waals surface area contributed by atoms with Crippen molar-refractivity contribution in [2.75, 3.05) is 20.2 Å². The predicted octanol–water partition coefficient (Wildman–Crippen LogP) is 3.72. The summed E-state index contributed by atoms with van der Waals surface area (Å²) in [5.41, 5.74) is 1.97. The number of ether oxygens (including phenoxy) is 1. The van der Waals surface area contributed by atoms with Crippen molar-refractivity contribution in [1.82, 2.24) is 4.90 Å². The number of carbonyl (C=O) groups excluding carboxylic acids is 2. The van der Waals surface area contributed by atoms with Crippen LogP contribution in [0.4, 0.5) is 0 Å². The lowest BCUT2D eigenvalue weighted by molar-refractivity contribution is -0.129. The summed E-state index contributed by atoms with van der Waals surface area (Å²) in [5, 5.41) is 0. The van der Waals surface area contributed by atoms with Gasteiger partial charge in [-0.25, -0.2) is 0 Å². The van der Waals surface area contributed by atoms with Crippen LogP contribution < -0.4 is 4.74 Å². The molecule has 2 rings (SSSR count). The van der Waals surface area contributed by atoms with Crippen LogP contribution in [-0.4, -0.2) is 36.8 Å². The first-order chi connectivity index (χ1) is 12.0. The van der Waals surface area contributed by atoms with E-state index in [2.05, 4.69) is 6.58 Å². The Bertz CT molecular complexity index is 753. The number of benzene rings is 2. The maximum atomic E-state index is 12.6. The minimum absolute atomic E-state index is 0.00440. The van der Waals surface area contributed by atoms with E-state index in [1.54, 1.807) is 36.2 Å². The van der Waals surface area contributed by atoms with Crippen LogP contribution in [0, 0.1) is 0 Å². The Morgan fingerprint density at radius 2 is 1.68 bits per heavy atom. The van der Waals surface area contributed by atoms with Crippen molar-refractivity contribution >= 4 is 11.7 Å². The van der Waals surface area contributed by atoms with E-state index in [-0.39, 0.29) is 11.7 Å². The third-order valence-corrected chi connectivity index (χ3v) is 3.73. The monoisotopic (exact) mass is 337 g/mol. The summed E-state index contributed by atoms with van der Waals surface area (Å²) >= 11 is 0. The molecule has 0 aromatic heterocycles. The number of nitrogens with zero attached hydrogens (tertiary/aromatic N) is 1. The summed E-state index contributed by atoms with van der Waals surface area (Å²) in [6.45, 7) is 6.34. The Hall–Kier alpha value is -2.88. The van der Waals surface area contributed by atoms with E-state index in [0.29, 0.717) is 36.4 Å². The molecule has 0 fully saturated rings. The van der Waals surface area contributed by atoms with Gasteiger partial charge < -0.3 is 9.64 Å². The molecule has 0 spiro atoms. The molecular weight excluding hydrogens is 314 g/mol. The highest BCUT2D eigenvalue weighted by molar-refractivity contribution is 6.10. The van der Waals surface area contributed by atoms with Gasteiger partial charge in [-0.2, -0.15) is 0 Å². The van der Waals surface area contributed by atoms with Crippen LogP contribution in [0.1, 0.15) is 29.3 Å². The van der Waals surface area contributed by atoms with E-state index in [1.165, 1.54) is 0 Å². The van der Waals surface area contributed by atoms with Crippen molar-refractivity contribution in [3.63, 3.8) is 0 Å². The lowest BCUT2D eigenvalue weighted by Crippen LogP contribution is -2.30. The molecule has 0 aliphatic carbocycles. The predicted molar refractivity (Wildman–Crippen MR) is 98.9 cm³/mol. The minimum atomic E-state index is -0.0806. The number of para-hydroxylation sites is 1. The van der Waals surface area contributed by atoms with Gasteiger partial charge in [0.05, 0.1) is 12.1 Å². The molecule has 0 bridgehead atoms. The van der Waals surface area contributed by atoms with Crippen LogP contribution in [0.2, 0.25) is 0 Å². The average molecular weight is 337 g/mol. The molecular formula is C21H23NO3. The topological polar surface area (TPSA) is 46.6 Å². The van der Waals surface area contributed by atoms with Gasteiger partial charge in [-0.15, -0.1) is 0 Å². The fraction of sp³-hybridized carbons (Fsp3) is 0.238. The van der Waals surface area contributed by atoms with Gasteiger partial charge in [0.15, 0.2) is 5.78 Å². The molecule has 4 heteroatoms. The molecule has 0 N–H and O–H groups in total. The molecule has 25 heavy (non-hydrogen) atoms. The number of amides is 1. The van der Waals surface area contributed by atoms with Crippen molar-refractivity contribution in [1.29, 1.82) is 0 Å². The molecule has 0 aliphatic rings. The molecule has 1 amide bonds. The SMILES string of the molecule is C=C(C)CC(=O)N(C)CCOc1ccccc1C(=O)c1ccccc1. The molecule has 0 saturated heterocycles. The normalized spacial score (nSPS) is 10.2. The van der Waals surface area contributed by atoms with Crippen LogP contribution >= 0.6 is 0 Å². The number of rotatable bonds is 8. The van der Waals surface area contributed by atoms with Crippen LogP contribution in [0.3, 0.4) is 0 Å². The average Bonchev–Trinajstić information content (AvgIpc) is 2.61. The Morgan fingerprint density at radius 3 is 2.36 bits per heavy atom. The van der Waals surface area contributed by atoms with Gasteiger partial charge in [0, 0.05) is 19.0 Å². The van der Waals surface area contributed by atoms with Crippen molar-refractivity contribution in [3.8, 4) is 5.75 Å². The first-order valence-electron chi connectivity index (χ1n) is 8.19. The van der Waals surface area contributed by atoms with Gasteiger partial charge in [0.25, 0.3) is 0 Å². The lowest BCUT2D eigenvalue weighted by Gasteiger charge is -2.18. The second-order valence-electron chi connectivity index (χ2n) is 5.99. The molecule has 0 heterocycles. The van der Waals surface area contributed by atoms with Crippen LogP contribution in [0.15, 0.2) is 66.7 Å². The number of ketones is 1. The molecule has 0 aliphatic heterocycles. The van der Waals surface area contributed by atoms with E-state index in [0.717, 1.165) is 5.57 Å². The number of likely N-dealkylation sites (N-methyl/N-ethyl adjacent to an activating group) is 1. The van der Waals surface area contributed by atoms with E-state index < -0.39 is 0 Å². The largest absolute Gasteiger partial charge is 0.491 e. The van der Waals surface area contributed by atoms with Gasteiger partial charge in [0.1, 0.15) is 12.4 Å². The van der Waals surface area contributed by atoms with Crippen LogP contribution in [0.5, 0.6) is 5.75 Å². The maximum absolute atomic E-state index is 12.6. The Morgan fingerprint density at radius 1 is 1.04 bits per heavy atom. The first-order valence-corrected chi connectivity index (χ1v) is 8.19. The zero-order valence-electron chi connectivity index (χ0n) is 14.7. The van der Waals surface area contributed by atoms with Gasteiger partial charge >= 0.3 is 0 Å². The molecule has 130 valence electrons.